The molecule has 0 aromatic heterocycles. The maximum atomic E-state index is 13.1. The third kappa shape index (κ3) is 44.7. The van der Waals surface area contributed by atoms with E-state index in [-0.39, 0.29) is 12.5 Å². The van der Waals surface area contributed by atoms with E-state index in [1.165, 1.54) is 231 Å². The maximum Gasteiger partial charge on any atom is 0.220 e. The number of aliphatic hydroxyl groups excluding tert-OH is 5. The van der Waals surface area contributed by atoms with E-state index in [9.17, 15) is 30.3 Å². The highest BCUT2D eigenvalue weighted by molar-refractivity contribution is 5.76. The van der Waals surface area contributed by atoms with E-state index < -0.39 is 49.5 Å². The zero-order valence-electron chi connectivity index (χ0n) is 49.5. The number of rotatable bonds is 56. The van der Waals surface area contributed by atoms with Gasteiger partial charge in [-0.3, -0.25) is 4.79 Å². The number of aliphatic hydroxyl groups is 5. The van der Waals surface area contributed by atoms with Gasteiger partial charge in [-0.05, 0) is 77.0 Å². The van der Waals surface area contributed by atoms with Gasteiger partial charge in [0, 0.05) is 6.42 Å². The van der Waals surface area contributed by atoms with Gasteiger partial charge in [0.15, 0.2) is 6.29 Å². The fourth-order valence-electron chi connectivity index (χ4n) is 10.2. The average molecular weight is 1070 g/mol. The summed E-state index contributed by atoms with van der Waals surface area (Å²) in [6.45, 7) is 3.78. The lowest BCUT2D eigenvalue weighted by atomic mass is 9.99. The van der Waals surface area contributed by atoms with Crippen LogP contribution in [0.2, 0.25) is 0 Å². The molecule has 9 nitrogen and oxygen atoms in total. The van der Waals surface area contributed by atoms with Crippen LogP contribution in [0.15, 0.2) is 60.8 Å². The molecule has 1 amide bonds. The third-order valence-corrected chi connectivity index (χ3v) is 15.3. The second-order valence-electron chi connectivity index (χ2n) is 22.5. The molecule has 0 radical (unpaired) electrons. The smallest absolute Gasteiger partial charge is 0.220 e. The number of ether oxygens (including phenoxy) is 2. The standard InChI is InChI=1S/C67H123NO8/c1-3-5-7-9-11-13-15-17-19-21-23-25-27-29-31-33-35-37-39-41-43-45-47-49-51-53-55-57-63(71)68-60(59-75-67-66(74)65(73)64(72)62(58-69)76-67)61(70)56-54-52-50-48-46-44-42-40-38-36-34-32-30-28-26-24-22-20-18-16-14-12-10-8-6-4-2/h15,17,21,23,38,40,46,48,54,56,60-62,64-67,69-70,72-74H,3-14,16,18-20,22,24-37,39,41-45,47,49-53,55,57-59H2,1-2H3,(H,68,71)/b17-15-,23-21-,40-38+,48-46+,56-54+. The Bertz CT molecular complexity index is 1380. The molecule has 1 aliphatic rings. The van der Waals surface area contributed by atoms with Crippen molar-refractivity contribution >= 4 is 5.91 Å². The summed E-state index contributed by atoms with van der Waals surface area (Å²) in [7, 11) is 0. The summed E-state index contributed by atoms with van der Waals surface area (Å²) in [5.41, 5.74) is 0. The van der Waals surface area contributed by atoms with Gasteiger partial charge in [-0.2, -0.15) is 0 Å². The van der Waals surface area contributed by atoms with Crippen LogP contribution in [0.4, 0.5) is 0 Å². The number of carbonyl (C=O) groups excluding carboxylic acids is 1. The van der Waals surface area contributed by atoms with Gasteiger partial charge in [0.05, 0.1) is 25.4 Å². The highest BCUT2D eigenvalue weighted by Crippen LogP contribution is 2.23. The lowest BCUT2D eigenvalue weighted by Gasteiger charge is -2.40. The highest BCUT2D eigenvalue weighted by atomic mass is 16.7. The van der Waals surface area contributed by atoms with Gasteiger partial charge in [-0.15, -0.1) is 0 Å². The van der Waals surface area contributed by atoms with E-state index in [0.29, 0.717) is 6.42 Å². The fraction of sp³-hybridized carbons (Fsp3) is 0.836. The summed E-state index contributed by atoms with van der Waals surface area (Å²) in [5.74, 6) is -0.188. The van der Waals surface area contributed by atoms with Crippen LogP contribution in [0, 0.1) is 0 Å². The molecule has 7 atom stereocenters. The summed E-state index contributed by atoms with van der Waals surface area (Å²) < 4.78 is 11.3. The number of unbranched alkanes of at least 4 members (excludes halogenated alkanes) is 38. The quantitative estimate of drug-likeness (QED) is 0.0261. The molecule has 6 N–H and O–H groups in total. The number of allylic oxidation sites excluding steroid dienone is 9. The molecule has 1 rings (SSSR count). The first-order valence-electron chi connectivity index (χ1n) is 32.5. The SMILES string of the molecule is CCCCCCC/C=C\C/C=C\CCCCCCCCCCCCCCCCCC(=O)NC(COC1OC(CO)C(O)C(O)C1O)C(O)/C=C/CC/C=C/CC/C=C/CCCCCCCCCCCCCCCCCC. The number of hydrogen-bond acceptors (Lipinski definition) is 8. The van der Waals surface area contributed by atoms with Crippen LogP contribution in [0.5, 0.6) is 0 Å². The monoisotopic (exact) mass is 1070 g/mol. The van der Waals surface area contributed by atoms with Gasteiger partial charge < -0.3 is 40.3 Å². The summed E-state index contributed by atoms with van der Waals surface area (Å²) in [5, 5.41) is 54.6. The normalized spacial score (nSPS) is 19.2. The number of carbonyl (C=O) groups is 1. The Morgan fingerprint density at radius 2 is 0.789 bits per heavy atom. The second kappa shape index (κ2) is 56.2. The van der Waals surface area contributed by atoms with Gasteiger partial charge in [-0.25, -0.2) is 0 Å². The predicted molar refractivity (Wildman–Crippen MR) is 322 cm³/mol. The molecule has 9 heteroatoms. The predicted octanol–water partition coefficient (Wildman–Crippen LogP) is 17.0. The van der Waals surface area contributed by atoms with Gasteiger partial charge >= 0.3 is 0 Å². The second-order valence-corrected chi connectivity index (χ2v) is 22.5. The first kappa shape index (κ1) is 71.9. The maximum absolute atomic E-state index is 13.1. The lowest BCUT2D eigenvalue weighted by Crippen LogP contribution is -2.60. The molecule has 1 fully saturated rings. The van der Waals surface area contributed by atoms with E-state index in [2.05, 4.69) is 67.8 Å². The third-order valence-electron chi connectivity index (χ3n) is 15.3. The van der Waals surface area contributed by atoms with Crippen LogP contribution in [0.3, 0.4) is 0 Å². The molecule has 1 saturated heterocycles. The minimum atomic E-state index is -1.58. The first-order chi connectivity index (χ1) is 37.3. The molecule has 1 heterocycles. The van der Waals surface area contributed by atoms with E-state index in [4.69, 9.17) is 9.47 Å². The van der Waals surface area contributed by atoms with Crippen molar-refractivity contribution in [2.45, 2.75) is 346 Å². The molecule has 0 bridgehead atoms. The van der Waals surface area contributed by atoms with Crippen molar-refractivity contribution in [3.05, 3.63) is 60.8 Å². The zero-order valence-corrected chi connectivity index (χ0v) is 49.5. The lowest BCUT2D eigenvalue weighted by molar-refractivity contribution is -0.302. The molecular formula is C67H123NO8. The van der Waals surface area contributed by atoms with Crippen LogP contribution < -0.4 is 5.32 Å². The summed E-state index contributed by atoms with van der Waals surface area (Å²) in [6.07, 6.45) is 70.2. The average Bonchev–Trinajstić information content (AvgIpc) is 3.42. The molecule has 0 aromatic carbocycles. The first-order valence-corrected chi connectivity index (χ1v) is 32.5. The summed E-state index contributed by atoms with van der Waals surface area (Å²) in [6, 6.07) is -0.831. The van der Waals surface area contributed by atoms with Gasteiger partial charge in [-0.1, -0.05) is 280 Å². The van der Waals surface area contributed by atoms with Gasteiger partial charge in [0.25, 0.3) is 0 Å². The van der Waals surface area contributed by atoms with Crippen molar-refractivity contribution in [2.24, 2.45) is 0 Å². The molecule has 1 aliphatic heterocycles. The number of hydrogen-bond donors (Lipinski definition) is 6. The summed E-state index contributed by atoms with van der Waals surface area (Å²) in [4.78, 5) is 13.1. The van der Waals surface area contributed by atoms with E-state index in [1.807, 2.05) is 6.08 Å². The highest BCUT2D eigenvalue weighted by Gasteiger charge is 2.44. The minimum absolute atomic E-state index is 0.188. The Hall–Kier alpha value is -2.11. The Labute approximate surface area is 468 Å². The zero-order chi connectivity index (χ0) is 55.0. The molecule has 7 unspecified atom stereocenters. The summed E-state index contributed by atoms with van der Waals surface area (Å²) >= 11 is 0. The van der Waals surface area contributed by atoms with Gasteiger partial charge in [0.1, 0.15) is 24.4 Å². The molecule has 444 valence electrons. The minimum Gasteiger partial charge on any atom is -0.394 e. The van der Waals surface area contributed by atoms with Crippen LogP contribution in [0.25, 0.3) is 0 Å². The topological polar surface area (TPSA) is 149 Å². The van der Waals surface area contributed by atoms with E-state index in [0.717, 1.165) is 51.4 Å². The van der Waals surface area contributed by atoms with Crippen molar-refractivity contribution < 1.29 is 39.8 Å². The molecule has 0 aliphatic carbocycles. The number of amides is 1. The number of nitrogens with one attached hydrogen (secondary N) is 1. The van der Waals surface area contributed by atoms with E-state index in [1.54, 1.807) is 6.08 Å². The van der Waals surface area contributed by atoms with Gasteiger partial charge in [0.2, 0.25) is 5.91 Å². The molecular weight excluding hydrogens is 947 g/mol. The Balaban J connectivity index is 2.21. The Morgan fingerprint density at radius 1 is 0.447 bits per heavy atom. The molecule has 76 heavy (non-hydrogen) atoms. The largest absolute Gasteiger partial charge is 0.394 e. The van der Waals surface area contributed by atoms with Crippen LogP contribution >= 0.6 is 0 Å². The van der Waals surface area contributed by atoms with Crippen molar-refractivity contribution in [1.29, 1.82) is 0 Å². The van der Waals surface area contributed by atoms with Crippen LogP contribution in [-0.2, 0) is 14.3 Å². The molecule has 0 spiro atoms. The van der Waals surface area contributed by atoms with Crippen molar-refractivity contribution in [2.75, 3.05) is 13.2 Å². The van der Waals surface area contributed by atoms with Crippen molar-refractivity contribution in [1.82, 2.24) is 5.32 Å². The van der Waals surface area contributed by atoms with Crippen LogP contribution in [0.1, 0.15) is 303 Å². The molecule has 0 aromatic rings. The molecule has 0 saturated carbocycles. The van der Waals surface area contributed by atoms with Crippen molar-refractivity contribution in [3.8, 4) is 0 Å². The Morgan fingerprint density at radius 3 is 1.18 bits per heavy atom. The fourth-order valence-corrected chi connectivity index (χ4v) is 10.2. The Kier molecular flexibility index (Phi) is 53.1. The van der Waals surface area contributed by atoms with E-state index >= 15 is 0 Å². The van der Waals surface area contributed by atoms with Crippen molar-refractivity contribution in [3.63, 3.8) is 0 Å². The van der Waals surface area contributed by atoms with Crippen LogP contribution in [-0.4, -0.2) is 87.5 Å².